The number of benzene rings is 2. The first-order valence-electron chi connectivity index (χ1n) is 6.48. The standard InChI is InChI=1S/C17H15ClO2Se/c18-15-6-4-5-14(11-15)9-10-21-13-16(19)12-20-17-7-2-1-3-8-17/h1-8,11,16,19H,12-13H2. The van der Waals surface area contributed by atoms with Crippen LogP contribution in [0, 0.1) is 10.7 Å². The van der Waals surface area contributed by atoms with Crippen molar-refractivity contribution in [2.45, 2.75) is 11.4 Å². The Labute approximate surface area is 136 Å². The summed E-state index contributed by atoms with van der Waals surface area (Å²) in [4.78, 5) is 3.10. The quantitative estimate of drug-likeness (QED) is 0.651. The molecule has 2 aromatic rings. The summed E-state index contributed by atoms with van der Waals surface area (Å²) < 4.78 is 5.49. The van der Waals surface area contributed by atoms with E-state index in [1.807, 2.05) is 54.6 Å². The fraction of sp³-hybridized carbons (Fsp3) is 0.176. The molecule has 0 aliphatic heterocycles. The van der Waals surface area contributed by atoms with Crippen LogP contribution in [0.25, 0.3) is 0 Å². The zero-order valence-electron chi connectivity index (χ0n) is 11.3. The van der Waals surface area contributed by atoms with Gasteiger partial charge in [0.05, 0.1) is 0 Å². The van der Waals surface area contributed by atoms with Crippen LogP contribution in [0.15, 0.2) is 54.6 Å². The second-order valence-electron chi connectivity index (χ2n) is 4.33. The molecule has 1 atom stereocenters. The summed E-state index contributed by atoms with van der Waals surface area (Å²) in [5.41, 5.74) is 0.902. The number of aliphatic hydroxyl groups is 1. The van der Waals surface area contributed by atoms with E-state index < -0.39 is 6.10 Å². The van der Waals surface area contributed by atoms with E-state index in [0.717, 1.165) is 11.3 Å². The van der Waals surface area contributed by atoms with E-state index in [2.05, 4.69) is 10.7 Å². The van der Waals surface area contributed by atoms with Gasteiger partial charge in [-0.2, -0.15) is 0 Å². The minimum atomic E-state index is -0.487. The number of ether oxygens (including phenoxy) is 1. The van der Waals surface area contributed by atoms with Crippen molar-refractivity contribution < 1.29 is 9.84 Å². The first kappa shape index (κ1) is 15.9. The topological polar surface area (TPSA) is 29.5 Å². The monoisotopic (exact) mass is 366 g/mol. The number of halogens is 1. The van der Waals surface area contributed by atoms with Crippen LogP contribution in [0.1, 0.15) is 5.56 Å². The van der Waals surface area contributed by atoms with Gasteiger partial charge in [-0.15, -0.1) is 0 Å². The normalized spacial score (nSPS) is 11.3. The molecule has 0 heterocycles. The van der Waals surface area contributed by atoms with E-state index in [1.165, 1.54) is 0 Å². The molecule has 0 spiro atoms. The predicted octanol–water partition coefficient (Wildman–Crippen LogP) is 3.21. The summed E-state index contributed by atoms with van der Waals surface area (Å²) in [6.07, 6.45) is -0.487. The van der Waals surface area contributed by atoms with Gasteiger partial charge < -0.3 is 0 Å². The van der Waals surface area contributed by atoms with E-state index in [9.17, 15) is 5.11 Å². The van der Waals surface area contributed by atoms with Crippen molar-refractivity contribution in [3.05, 3.63) is 65.2 Å². The van der Waals surface area contributed by atoms with Gasteiger partial charge in [-0.1, -0.05) is 0 Å². The van der Waals surface area contributed by atoms with Crippen molar-refractivity contribution in [2.24, 2.45) is 0 Å². The summed E-state index contributed by atoms with van der Waals surface area (Å²) in [5.74, 6) is 3.83. The van der Waals surface area contributed by atoms with Crippen LogP contribution < -0.4 is 4.74 Å². The summed E-state index contributed by atoms with van der Waals surface area (Å²) in [6.45, 7) is 0.296. The van der Waals surface area contributed by atoms with Crippen LogP contribution in [-0.4, -0.2) is 32.8 Å². The molecule has 0 saturated carbocycles. The van der Waals surface area contributed by atoms with Crippen molar-refractivity contribution in [3.63, 3.8) is 0 Å². The molecule has 2 aromatic carbocycles. The fourth-order valence-electron chi connectivity index (χ4n) is 1.56. The molecule has 2 nitrogen and oxygen atoms in total. The average Bonchev–Trinajstić information content (AvgIpc) is 2.51. The van der Waals surface area contributed by atoms with Gasteiger partial charge in [0.1, 0.15) is 0 Å². The van der Waals surface area contributed by atoms with Gasteiger partial charge in [0.15, 0.2) is 0 Å². The maximum atomic E-state index is 9.85. The molecule has 2 rings (SSSR count). The van der Waals surface area contributed by atoms with Crippen LogP contribution >= 0.6 is 11.6 Å². The first-order chi connectivity index (χ1) is 10.2. The van der Waals surface area contributed by atoms with Crippen molar-refractivity contribution >= 4 is 26.6 Å². The first-order valence-corrected chi connectivity index (χ1v) is 8.93. The van der Waals surface area contributed by atoms with Crippen molar-refractivity contribution in [1.29, 1.82) is 0 Å². The Hall–Kier alpha value is -1.43. The van der Waals surface area contributed by atoms with Crippen LogP contribution in [-0.2, 0) is 0 Å². The molecule has 1 N–H and O–H groups in total. The zero-order valence-corrected chi connectivity index (χ0v) is 13.8. The van der Waals surface area contributed by atoms with Crippen LogP contribution in [0.2, 0.25) is 10.3 Å². The molecule has 0 aliphatic rings. The van der Waals surface area contributed by atoms with Gasteiger partial charge in [-0.25, -0.2) is 0 Å². The van der Waals surface area contributed by atoms with Gasteiger partial charge in [-0.3, -0.25) is 0 Å². The Morgan fingerprint density at radius 1 is 1.14 bits per heavy atom. The molecule has 108 valence electrons. The number of rotatable bonds is 5. The van der Waals surface area contributed by atoms with Gasteiger partial charge in [0.2, 0.25) is 0 Å². The third kappa shape index (κ3) is 6.25. The molecule has 0 radical (unpaired) electrons. The summed E-state index contributed by atoms with van der Waals surface area (Å²) in [5, 5.41) is 11.2. The molecule has 0 aliphatic carbocycles. The Balaban J connectivity index is 1.71. The number of para-hydroxylation sites is 1. The molecular formula is C17H15ClO2Se. The number of hydrogen-bond acceptors (Lipinski definition) is 2. The fourth-order valence-corrected chi connectivity index (χ4v) is 2.93. The molecule has 0 aromatic heterocycles. The summed E-state index contributed by atoms with van der Waals surface area (Å²) in [6, 6.07) is 16.9. The Morgan fingerprint density at radius 2 is 1.95 bits per heavy atom. The number of hydrogen-bond donors (Lipinski definition) is 1. The second kappa shape index (κ2) is 8.77. The summed E-state index contributed by atoms with van der Waals surface area (Å²) >= 11 is 5.95. The van der Waals surface area contributed by atoms with E-state index in [1.54, 1.807) is 0 Å². The van der Waals surface area contributed by atoms with Gasteiger partial charge >= 0.3 is 136 Å². The zero-order chi connectivity index (χ0) is 14.9. The van der Waals surface area contributed by atoms with Gasteiger partial charge in [0, 0.05) is 0 Å². The minimum absolute atomic E-state index is 0.0573. The molecule has 4 heteroatoms. The average molecular weight is 366 g/mol. The molecule has 0 amide bonds. The predicted molar refractivity (Wildman–Crippen MR) is 86.8 cm³/mol. The third-order valence-corrected chi connectivity index (χ3v) is 4.46. The SMILES string of the molecule is OC(COc1ccccc1)C[Se]C#Cc1cccc(Cl)c1. The van der Waals surface area contributed by atoms with Crippen molar-refractivity contribution in [2.75, 3.05) is 6.61 Å². The Morgan fingerprint density at radius 3 is 2.71 bits per heavy atom. The Bertz CT molecular complexity index is 619. The molecule has 0 bridgehead atoms. The van der Waals surface area contributed by atoms with Crippen LogP contribution in [0.5, 0.6) is 5.75 Å². The van der Waals surface area contributed by atoms with Crippen LogP contribution in [0.3, 0.4) is 0 Å². The summed E-state index contributed by atoms with van der Waals surface area (Å²) in [7, 11) is 0. The molecule has 0 saturated heterocycles. The van der Waals surface area contributed by atoms with Gasteiger partial charge in [0.25, 0.3) is 0 Å². The van der Waals surface area contributed by atoms with Crippen molar-refractivity contribution in [1.82, 2.24) is 0 Å². The van der Waals surface area contributed by atoms with Crippen molar-refractivity contribution in [3.8, 4) is 16.5 Å². The third-order valence-electron chi connectivity index (χ3n) is 2.55. The van der Waals surface area contributed by atoms with E-state index in [4.69, 9.17) is 16.3 Å². The molecule has 0 fully saturated rings. The van der Waals surface area contributed by atoms with E-state index >= 15 is 0 Å². The van der Waals surface area contributed by atoms with E-state index in [0.29, 0.717) is 16.9 Å². The molecular weight excluding hydrogens is 351 g/mol. The number of aliphatic hydroxyl groups excluding tert-OH is 1. The molecule has 21 heavy (non-hydrogen) atoms. The van der Waals surface area contributed by atoms with Gasteiger partial charge in [-0.05, 0) is 0 Å². The Kier molecular flexibility index (Phi) is 6.66. The van der Waals surface area contributed by atoms with E-state index in [-0.39, 0.29) is 15.0 Å². The second-order valence-corrected chi connectivity index (χ2v) is 6.50. The molecule has 1 unspecified atom stereocenters. The van der Waals surface area contributed by atoms with Crippen LogP contribution in [0.4, 0.5) is 0 Å². The maximum absolute atomic E-state index is 9.85.